The van der Waals surface area contributed by atoms with E-state index in [2.05, 4.69) is 5.32 Å². The molecule has 0 radical (unpaired) electrons. The second-order valence-electron chi connectivity index (χ2n) is 5.13. The fourth-order valence-corrected chi connectivity index (χ4v) is 2.24. The van der Waals surface area contributed by atoms with Gasteiger partial charge in [0, 0.05) is 6.54 Å². The first-order valence-corrected chi connectivity index (χ1v) is 7.04. The number of benzene rings is 1. The molecule has 0 fully saturated rings. The van der Waals surface area contributed by atoms with Crippen molar-refractivity contribution < 1.29 is 14.3 Å². The quantitative estimate of drug-likeness (QED) is 0.834. The molecule has 1 aromatic rings. The lowest BCUT2D eigenvalue weighted by Gasteiger charge is -2.21. The zero-order valence-electron chi connectivity index (χ0n) is 13.0. The van der Waals surface area contributed by atoms with Gasteiger partial charge in [-0.25, -0.2) is 0 Å². The molecule has 4 nitrogen and oxygen atoms in total. The maximum atomic E-state index is 12.3. The lowest BCUT2D eigenvalue weighted by molar-refractivity contribution is -0.123. The van der Waals surface area contributed by atoms with E-state index in [1.54, 1.807) is 14.2 Å². The standard InChI is InChI=1S/C16H25NO3/c1-6-9-17-16(18)15(11(2)3)12-7-8-13(19-4)14(10-12)20-5/h7-8,10-11,15H,6,9H2,1-5H3,(H,17,18). The van der Waals surface area contributed by atoms with Gasteiger partial charge in [0.25, 0.3) is 0 Å². The van der Waals surface area contributed by atoms with Gasteiger partial charge in [0.2, 0.25) is 5.91 Å². The minimum atomic E-state index is -0.179. The van der Waals surface area contributed by atoms with Crippen LogP contribution in [0.3, 0.4) is 0 Å². The monoisotopic (exact) mass is 279 g/mol. The number of carbonyl (C=O) groups is 1. The Hall–Kier alpha value is -1.71. The van der Waals surface area contributed by atoms with Crippen LogP contribution in [0.2, 0.25) is 0 Å². The molecule has 112 valence electrons. The Balaban J connectivity index is 3.06. The summed E-state index contributed by atoms with van der Waals surface area (Å²) in [5.41, 5.74) is 0.950. The van der Waals surface area contributed by atoms with Gasteiger partial charge in [-0.15, -0.1) is 0 Å². The van der Waals surface area contributed by atoms with Gasteiger partial charge in [-0.3, -0.25) is 4.79 Å². The van der Waals surface area contributed by atoms with Crippen molar-refractivity contribution >= 4 is 5.91 Å². The minimum Gasteiger partial charge on any atom is -0.493 e. The SMILES string of the molecule is CCCNC(=O)C(c1ccc(OC)c(OC)c1)C(C)C. The van der Waals surface area contributed by atoms with E-state index < -0.39 is 0 Å². The highest BCUT2D eigenvalue weighted by atomic mass is 16.5. The lowest BCUT2D eigenvalue weighted by atomic mass is 9.87. The van der Waals surface area contributed by atoms with E-state index in [1.807, 2.05) is 39.0 Å². The molecule has 1 N–H and O–H groups in total. The van der Waals surface area contributed by atoms with Gasteiger partial charge in [0.05, 0.1) is 20.1 Å². The molecular weight excluding hydrogens is 254 g/mol. The molecule has 1 unspecified atom stereocenters. The fourth-order valence-electron chi connectivity index (χ4n) is 2.24. The number of amides is 1. The molecule has 0 heterocycles. The first-order valence-electron chi connectivity index (χ1n) is 7.04. The van der Waals surface area contributed by atoms with E-state index >= 15 is 0 Å². The molecule has 4 heteroatoms. The van der Waals surface area contributed by atoms with E-state index in [4.69, 9.17) is 9.47 Å². The summed E-state index contributed by atoms with van der Waals surface area (Å²) in [6, 6.07) is 5.66. The molecule has 0 bridgehead atoms. The summed E-state index contributed by atoms with van der Waals surface area (Å²) < 4.78 is 10.5. The van der Waals surface area contributed by atoms with Crippen molar-refractivity contribution in [2.24, 2.45) is 5.92 Å². The van der Waals surface area contributed by atoms with Crippen LogP contribution in [-0.2, 0) is 4.79 Å². The normalized spacial score (nSPS) is 12.1. The summed E-state index contributed by atoms with van der Waals surface area (Å²) >= 11 is 0. The maximum Gasteiger partial charge on any atom is 0.227 e. The van der Waals surface area contributed by atoms with Crippen molar-refractivity contribution in [2.75, 3.05) is 20.8 Å². The average molecular weight is 279 g/mol. The molecule has 1 atom stereocenters. The van der Waals surface area contributed by atoms with Gasteiger partial charge < -0.3 is 14.8 Å². The second kappa shape index (κ2) is 7.78. The molecule has 0 saturated heterocycles. The maximum absolute atomic E-state index is 12.3. The van der Waals surface area contributed by atoms with E-state index in [9.17, 15) is 4.79 Å². The van der Waals surface area contributed by atoms with Gasteiger partial charge in [0.15, 0.2) is 11.5 Å². The minimum absolute atomic E-state index is 0.0640. The van der Waals surface area contributed by atoms with Crippen LogP contribution in [0.5, 0.6) is 11.5 Å². The van der Waals surface area contributed by atoms with Crippen molar-refractivity contribution in [3.05, 3.63) is 23.8 Å². The smallest absolute Gasteiger partial charge is 0.227 e. The molecule has 1 rings (SSSR count). The number of hydrogen-bond acceptors (Lipinski definition) is 3. The number of carbonyl (C=O) groups excluding carboxylic acids is 1. The highest BCUT2D eigenvalue weighted by molar-refractivity contribution is 5.84. The summed E-state index contributed by atoms with van der Waals surface area (Å²) in [4.78, 5) is 12.3. The van der Waals surface area contributed by atoms with Crippen LogP contribution < -0.4 is 14.8 Å². The Morgan fingerprint density at radius 3 is 2.35 bits per heavy atom. The zero-order valence-corrected chi connectivity index (χ0v) is 13.0. The largest absolute Gasteiger partial charge is 0.493 e. The van der Waals surface area contributed by atoms with Crippen LogP contribution in [0.1, 0.15) is 38.7 Å². The van der Waals surface area contributed by atoms with E-state index in [-0.39, 0.29) is 17.7 Å². The molecule has 0 spiro atoms. The summed E-state index contributed by atoms with van der Waals surface area (Å²) in [5.74, 6) is 1.42. The average Bonchev–Trinajstić information content (AvgIpc) is 2.44. The molecule has 0 aliphatic heterocycles. The van der Waals surface area contributed by atoms with Crippen molar-refractivity contribution in [3.63, 3.8) is 0 Å². The summed E-state index contributed by atoms with van der Waals surface area (Å²) in [5, 5.41) is 2.97. The van der Waals surface area contributed by atoms with Crippen LogP contribution in [0, 0.1) is 5.92 Å². The van der Waals surface area contributed by atoms with Gasteiger partial charge in [0.1, 0.15) is 0 Å². The van der Waals surface area contributed by atoms with Crippen molar-refractivity contribution in [1.82, 2.24) is 5.32 Å². The van der Waals surface area contributed by atoms with Gasteiger partial charge in [-0.05, 0) is 30.0 Å². The number of ether oxygens (including phenoxy) is 2. The predicted octanol–water partition coefficient (Wildman–Crippen LogP) is 2.97. The molecule has 1 amide bonds. The summed E-state index contributed by atoms with van der Waals surface area (Å²) in [6.45, 7) is 6.84. The molecule has 0 aromatic heterocycles. The third-order valence-corrected chi connectivity index (χ3v) is 3.27. The van der Waals surface area contributed by atoms with Gasteiger partial charge in [-0.2, -0.15) is 0 Å². The van der Waals surface area contributed by atoms with Crippen molar-refractivity contribution in [2.45, 2.75) is 33.1 Å². The predicted molar refractivity (Wildman–Crippen MR) is 80.4 cm³/mol. The number of nitrogens with one attached hydrogen (secondary N) is 1. The number of rotatable bonds is 7. The molecule has 0 saturated carbocycles. The molecule has 0 aliphatic rings. The summed E-state index contributed by atoms with van der Waals surface area (Å²) in [6.07, 6.45) is 0.933. The molecule has 0 aliphatic carbocycles. The Morgan fingerprint density at radius 1 is 1.20 bits per heavy atom. The highest BCUT2D eigenvalue weighted by Crippen LogP contribution is 2.33. The Kier molecular flexibility index (Phi) is 6.36. The van der Waals surface area contributed by atoms with Gasteiger partial charge in [-0.1, -0.05) is 26.8 Å². The Bertz CT molecular complexity index is 443. The zero-order chi connectivity index (χ0) is 15.1. The Morgan fingerprint density at radius 2 is 1.85 bits per heavy atom. The number of hydrogen-bond donors (Lipinski definition) is 1. The topological polar surface area (TPSA) is 47.6 Å². The lowest BCUT2D eigenvalue weighted by Crippen LogP contribution is -2.32. The van der Waals surface area contributed by atoms with E-state index in [1.165, 1.54) is 0 Å². The van der Waals surface area contributed by atoms with Crippen LogP contribution in [0.15, 0.2) is 18.2 Å². The third kappa shape index (κ3) is 3.89. The number of methoxy groups -OCH3 is 2. The highest BCUT2D eigenvalue weighted by Gasteiger charge is 2.24. The Labute approximate surface area is 121 Å². The first-order chi connectivity index (χ1) is 9.54. The van der Waals surface area contributed by atoms with Gasteiger partial charge >= 0.3 is 0 Å². The molecular formula is C16H25NO3. The van der Waals surface area contributed by atoms with Crippen molar-refractivity contribution in [1.29, 1.82) is 0 Å². The van der Waals surface area contributed by atoms with Crippen LogP contribution in [-0.4, -0.2) is 26.7 Å². The van der Waals surface area contributed by atoms with Crippen LogP contribution >= 0.6 is 0 Å². The van der Waals surface area contributed by atoms with Crippen molar-refractivity contribution in [3.8, 4) is 11.5 Å². The van der Waals surface area contributed by atoms with Crippen LogP contribution in [0.4, 0.5) is 0 Å². The first kappa shape index (κ1) is 16.3. The van der Waals surface area contributed by atoms with E-state index in [0.29, 0.717) is 18.0 Å². The van der Waals surface area contributed by atoms with E-state index in [0.717, 1.165) is 12.0 Å². The van der Waals surface area contributed by atoms with Crippen LogP contribution in [0.25, 0.3) is 0 Å². The fraction of sp³-hybridized carbons (Fsp3) is 0.562. The third-order valence-electron chi connectivity index (χ3n) is 3.27. The molecule has 20 heavy (non-hydrogen) atoms. The second-order valence-corrected chi connectivity index (χ2v) is 5.13. The molecule has 1 aromatic carbocycles. The summed E-state index contributed by atoms with van der Waals surface area (Å²) in [7, 11) is 3.20.